The fourth-order valence-corrected chi connectivity index (χ4v) is 2.25. The first-order valence-corrected chi connectivity index (χ1v) is 7.48. The van der Waals surface area contributed by atoms with Gasteiger partial charge in [-0.15, -0.1) is 0 Å². The van der Waals surface area contributed by atoms with Crippen LogP contribution in [-0.4, -0.2) is 42.5 Å². The van der Waals surface area contributed by atoms with Crippen molar-refractivity contribution in [3.05, 3.63) is 47.0 Å². The molecule has 2 heterocycles. The third-order valence-electron chi connectivity index (χ3n) is 3.40. The fourth-order valence-electron chi connectivity index (χ4n) is 2.25. The standard InChI is InChI=1S/C17H20N2O5/c1-5-23-15-13(7-6-8-18-15)16(20)19(3)10-12-9-14(11(2)24-12)17(21)22-4/h6-9H,5,10H2,1-4H3. The van der Waals surface area contributed by atoms with Crippen molar-refractivity contribution < 1.29 is 23.5 Å². The van der Waals surface area contributed by atoms with E-state index >= 15 is 0 Å². The second-order valence-electron chi connectivity index (χ2n) is 5.12. The van der Waals surface area contributed by atoms with Gasteiger partial charge in [-0.05, 0) is 32.0 Å². The highest BCUT2D eigenvalue weighted by Crippen LogP contribution is 2.20. The van der Waals surface area contributed by atoms with Gasteiger partial charge in [0.15, 0.2) is 0 Å². The Morgan fingerprint density at radius 2 is 2.08 bits per heavy atom. The van der Waals surface area contributed by atoms with Gasteiger partial charge in [-0.2, -0.15) is 0 Å². The Labute approximate surface area is 140 Å². The minimum atomic E-state index is -0.470. The summed E-state index contributed by atoms with van der Waals surface area (Å²) in [6.45, 7) is 4.12. The lowest BCUT2D eigenvalue weighted by Crippen LogP contribution is -2.26. The van der Waals surface area contributed by atoms with E-state index in [4.69, 9.17) is 13.9 Å². The highest BCUT2D eigenvalue weighted by molar-refractivity contribution is 5.96. The molecule has 0 unspecified atom stereocenters. The molecule has 0 saturated heterocycles. The quantitative estimate of drug-likeness (QED) is 0.756. The zero-order valence-electron chi connectivity index (χ0n) is 14.2. The van der Waals surface area contributed by atoms with Crippen LogP contribution in [-0.2, 0) is 11.3 Å². The molecule has 7 heteroatoms. The number of esters is 1. The van der Waals surface area contributed by atoms with E-state index in [2.05, 4.69) is 4.98 Å². The van der Waals surface area contributed by atoms with Gasteiger partial charge in [0.2, 0.25) is 5.88 Å². The molecule has 0 spiro atoms. The Hall–Kier alpha value is -2.83. The van der Waals surface area contributed by atoms with Crippen LogP contribution in [0.2, 0.25) is 0 Å². The summed E-state index contributed by atoms with van der Waals surface area (Å²) < 4.78 is 15.6. The lowest BCUT2D eigenvalue weighted by atomic mass is 10.2. The van der Waals surface area contributed by atoms with E-state index in [0.717, 1.165) is 0 Å². The van der Waals surface area contributed by atoms with E-state index in [1.165, 1.54) is 12.0 Å². The van der Waals surface area contributed by atoms with Crippen LogP contribution in [0.3, 0.4) is 0 Å². The summed E-state index contributed by atoms with van der Waals surface area (Å²) in [6.07, 6.45) is 1.57. The number of rotatable bonds is 6. The molecule has 0 radical (unpaired) electrons. The fraction of sp³-hybridized carbons (Fsp3) is 0.353. The molecule has 0 aliphatic rings. The molecule has 0 aliphatic heterocycles. The zero-order chi connectivity index (χ0) is 17.7. The van der Waals surface area contributed by atoms with Crippen LogP contribution in [0.1, 0.15) is 39.2 Å². The van der Waals surface area contributed by atoms with Crippen LogP contribution in [0.4, 0.5) is 0 Å². The number of aryl methyl sites for hydroxylation is 1. The summed E-state index contributed by atoms with van der Waals surface area (Å²) in [5, 5.41) is 0. The minimum Gasteiger partial charge on any atom is -0.477 e. The molecule has 0 saturated carbocycles. The molecule has 0 bridgehead atoms. The summed E-state index contributed by atoms with van der Waals surface area (Å²) in [6, 6.07) is 4.91. The molecule has 0 N–H and O–H groups in total. The van der Waals surface area contributed by atoms with Crippen molar-refractivity contribution in [2.24, 2.45) is 0 Å². The average Bonchev–Trinajstić information content (AvgIpc) is 2.94. The Kier molecular flexibility index (Phi) is 5.57. The van der Waals surface area contributed by atoms with E-state index in [-0.39, 0.29) is 12.5 Å². The van der Waals surface area contributed by atoms with Gasteiger partial charge in [0.05, 0.1) is 20.3 Å². The van der Waals surface area contributed by atoms with Crippen molar-refractivity contribution in [1.29, 1.82) is 0 Å². The third kappa shape index (κ3) is 3.73. The smallest absolute Gasteiger partial charge is 0.341 e. The van der Waals surface area contributed by atoms with E-state index in [9.17, 15) is 9.59 Å². The predicted octanol–water partition coefficient (Wildman–Crippen LogP) is 2.44. The lowest BCUT2D eigenvalue weighted by molar-refractivity contribution is 0.0598. The maximum absolute atomic E-state index is 12.6. The van der Waals surface area contributed by atoms with Gasteiger partial charge >= 0.3 is 5.97 Å². The highest BCUT2D eigenvalue weighted by atomic mass is 16.5. The van der Waals surface area contributed by atoms with E-state index in [1.54, 1.807) is 38.4 Å². The number of ether oxygens (including phenoxy) is 2. The largest absolute Gasteiger partial charge is 0.477 e. The molecule has 0 fully saturated rings. The second kappa shape index (κ2) is 7.63. The maximum Gasteiger partial charge on any atom is 0.341 e. The van der Waals surface area contributed by atoms with Crippen LogP contribution in [0, 0.1) is 6.92 Å². The predicted molar refractivity (Wildman–Crippen MR) is 86.0 cm³/mol. The van der Waals surface area contributed by atoms with Crippen molar-refractivity contribution in [3.63, 3.8) is 0 Å². The molecular formula is C17H20N2O5. The number of aromatic nitrogens is 1. The Morgan fingerprint density at radius 1 is 1.33 bits per heavy atom. The number of hydrogen-bond acceptors (Lipinski definition) is 6. The molecular weight excluding hydrogens is 312 g/mol. The lowest BCUT2D eigenvalue weighted by Gasteiger charge is -2.17. The molecule has 1 amide bonds. The number of pyridine rings is 1. The molecule has 0 aromatic carbocycles. The summed E-state index contributed by atoms with van der Waals surface area (Å²) >= 11 is 0. The van der Waals surface area contributed by atoms with Gasteiger partial charge < -0.3 is 18.8 Å². The topological polar surface area (TPSA) is 81.9 Å². The SMILES string of the molecule is CCOc1ncccc1C(=O)N(C)Cc1cc(C(=O)OC)c(C)o1. The Balaban J connectivity index is 2.17. The normalized spacial score (nSPS) is 10.3. The van der Waals surface area contributed by atoms with Crippen molar-refractivity contribution in [3.8, 4) is 5.88 Å². The number of carbonyl (C=O) groups is 2. The average molecular weight is 332 g/mol. The summed E-state index contributed by atoms with van der Waals surface area (Å²) in [4.78, 5) is 29.8. The van der Waals surface area contributed by atoms with E-state index < -0.39 is 5.97 Å². The number of methoxy groups -OCH3 is 1. The van der Waals surface area contributed by atoms with Crippen molar-refractivity contribution in [1.82, 2.24) is 9.88 Å². The van der Waals surface area contributed by atoms with E-state index in [1.807, 2.05) is 6.92 Å². The van der Waals surface area contributed by atoms with Gasteiger partial charge in [0, 0.05) is 13.2 Å². The Morgan fingerprint density at radius 3 is 2.75 bits per heavy atom. The van der Waals surface area contributed by atoms with Gasteiger partial charge in [-0.1, -0.05) is 0 Å². The monoisotopic (exact) mass is 332 g/mol. The number of carbonyl (C=O) groups excluding carboxylic acids is 2. The highest BCUT2D eigenvalue weighted by Gasteiger charge is 2.21. The number of nitrogens with zero attached hydrogens (tertiary/aromatic N) is 2. The molecule has 128 valence electrons. The van der Waals surface area contributed by atoms with Crippen molar-refractivity contribution >= 4 is 11.9 Å². The molecule has 0 aliphatic carbocycles. The van der Waals surface area contributed by atoms with Crippen LogP contribution in [0.15, 0.2) is 28.8 Å². The first kappa shape index (κ1) is 17.5. The van der Waals surface area contributed by atoms with Crippen molar-refractivity contribution in [2.75, 3.05) is 20.8 Å². The van der Waals surface area contributed by atoms with Crippen molar-refractivity contribution in [2.45, 2.75) is 20.4 Å². The van der Waals surface area contributed by atoms with Crippen LogP contribution in [0.25, 0.3) is 0 Å². The van der Waals surface area contributed by atoms with Crippen LogP contribution in [0.5, 0.6) is 5.88 Å². The maximum atomic E-state index is 12.6. The summed E-state index contributed by atoms with van der Waals surface area (Å²) in [5.74, 6) is 0.519. The molecule has 2 aromatic heterocycles. The summed E-state index contributed by atoms with van der Waals surface area (Å²) in [7, 11) is 2.95. The van der Waals surface area contributed by atoms with Crippen LogP contribution >= 0.6 is 0 Å². The number of hydrogen-bond donors (Lipinski definition) is 0. The molecule has 24 heavy (non-hydrogen) atoms. The first-order chi connectivity index (χ1) is 11.5. The van der Waals surface area contributed by atoms with Gasteiger partial charge in [0.25, 0.3) is 5.91 Å². The Bertz CT molecular complexity index is 738. The molecule has 2 aromatic rings. The van der Waals surface area contributed by atoms with Gasteiger partial charge in [0.1, 0.15) is 22.6 Å². The first-order valence-electron chi connectivity index (χ1n) is 7.48. The molecule has 2 rings (SSSR count). The number of amides is 1. The number of furan rings is 1. The third-order valence-corrected chi connectivity index (χ3v) is 3.40. The minimum absolute atomic E-state index is 0.205. The van der Waals surface area contributed by atoms with Gasteiger partial charge in [-0.3, -0.25) is 4.79 Å². The van der Waals surface area contributed by atoms with Crippen LogP contribution < -0.4 is 4.74 Å². The zero-order valence-corrected chi connectivity index (χ0v) is 14.2. The van der Waals surface area contributed by atoms with E-state index in [0.29, 0.717) is 35.1 Å². The van der Waals surface area contributed by atoms with Gasteiger partial charge in [-0.25, -0.2) is 9.78 Å². The molecule has 7 nitrogen and oxygen atoms in total. The summed E-state index contributed by atoms with van der Waals surface area (Å²) in [5.41, 5.74) is 0.725. The second-order valence-corrected chi connectivity index (χ2v) is 5.12. The molecule has 0 atom stereocenters.